The van der Waals surface area contributed by atoms with Crippen LogP contribution in [0.2, 0.25) is 0 Å². The SMILES string of the molecule is COc1ccc(N2CCN(C(=O)C3CC(O)CN3)CC2)cc1. The summed E-state index contributed by atoms with van der Waals surface area (Å²) in [6.45, 7) is 3.61. The number of carbonyl (C=O) groups excluding carboxylic acids is 1. The Labute approximate surface area is 130 Å². The number of nitrogens with zero attached hydrogens (tertiary/aromatic N) is 2. The van der Waals surface area contributed by atoms with Gasteiger partial charge in [0.2, 0.25) is 5.91 Å². The standard InChI is InChI=1S/C16H23N3O3/c1-22-14-4-2-12(3-5-14)18-6-8-19(9-7-18)16(21)15-10-13(20)11-17-15/h2-5,13,15,17,20H,6-11H2,1H3. The van der Waals surface area contributed by atoms with E-state index >= 15 is 0 Å². The second-order valence-corrected chi connectivity index (χ2v) is 5.86. The van der Waals surface area contributed by atoms with Gasteiger partial charge in [-0.1, -0.05) is 0 Å². The highest BCUT2D eigenvalue weighted by Crippen LogP contribution is 2.21. The molecule has 0 spiro atoms. The van der Waals surface area contributed by atoms with E-state index in [1.54, 1.807) is 7.11 Å². The van der Waals surface area contributed by atoms with Crippen molar-refractivity contribution in [3.63, 3.8) is 0 Å². The van der Waals surface area contributed by atoms with Crippen molar-refractivity contribution in [2.45, 2.75) is 18.6 Å². The van der Waals surface area contributed by atoms with Gasteiger partial charge in [0.25, 0.3) is 0 Å². The van der Waals surface area contributed by atoms with E-state index in [1.165, 1.54) is 0 Å². The van der Waals surface area contributed by atoms with E-state index in [9.17, 15) is 9.90 Å². The van der Waals surface area contributed by atoms with Crippen LogP contribution in [-0.4, -0.2) is 67.9 Å². The normalized spacial score (nSPS) is 25.4. The van der Waals surface area contributed by atoms with Gasteiger partial charge in [-0.25, -0.2) is 0 Å². The number of amides is 1. The second-order valence-electron chi connectivity index (χ2n) is 5.86. The maximum atomic E-state index is 12.4. The maximum Gasteiger partial charge on any atom is 0.239 e. The van der Waals surface area contributed by atoms with E-state index in [2.05, 4.69) is 10.2 Å². The molecule has 0 bridgehead atoms. The molecule has 2 heterocycles. The van der Waals surface area contributed by atoms with Crippen molar-refractivity contribution < 1.29 is 14.6 Å². The number of methoxy groups -OCH3 is 1. The Bertz CT molecular complexity index is 512. The first-order valence-corrected chi connectivity index (χ1v) is 7.76. The number of benzene rings is 1. The number of rotatable bonds is 3. The molecule has 0 aromatic heterocycles. The summed E-state index contributed by atoms with van der Waals surface area (Å²) in [5.74, 6) is 0.967. The van der Waals surface area contributed by atoms with Crippen molar-refractivity contribution in [3.8, 4) is 5.75 Å². The number of piperazine rings is 1. The maximum absolute atomic E-state index is 12.4. The molecule has 1 amide bonds. The first kappa shape index (κ1) is 15.1. The third kappa shape index (κ3) is 3.18. The van der Waals surface area contributed by atoms with E-state index < -0.39 is 6.10 Å². The average Bonchev–Trinajstić information content (AvgIpc) is 3.01. The molecular weight excluding hydrogens is 282 g/mol. The molecule has 1 aromatic rings. The zero-order valence-electron chi connectivity index (χ0n) is 12.9. The van der Waals surface area contributed by atoms with Gasteiger partial charge in [0.1, 0.15) is 5.75 Å². The van der Waals surface area contributed by atoms with Gasteiger partial charge in [0.05, 0.1) is 19.3 Å². The van der Waals surface area contributed by atoms with Crippen molar-refractivity contribution in [3.05, 3.63) is 24.3 Å². The van der Waals surface area contributed by atoms with Gasteiger partial charge in [-0.3, -0.25) is 4.79 Å². The largest absolute Gasteiger partial charge is 0.497 e. The summed E-state index contributed by atoms with van der Waals surface area (Å²) >= 11 is 0. The molecule has 2 aliphatic heterocycles. The van der Waals surface area contributed by atoms with Crippen LogP contribution in [0.3, 0.4) is 0 Å². The number of hydrogen-bond acceptors (Lipinski definition) is 5. The molecule has 2 atom stereocenters. The first-order valence-electron chi connectivity index (χ1n) is 7.76. The molecular formula is C16H23N3O3. The Morgan fingerprint density at radius 2 is 1.91 bits per heavy atom. The van der Waals surface area contributed by atoms with E-state index in [4.69, 9.17) is 4.74 Å². The second kappa shape index (κ2) is 6.54. The van der Waals surface area contributed by atoms with Crippen LogP contribution in [0.5, 0.6) is 5.75 Å². The molecule has 6 nitrogen and oxygen atoms in total. The molecule has 2 fully saturated rings. The van der Waals surface area contributed by atoms with Crippen LogP contribution in [0.15, 0.2) is 24.3 Å². The van der Waals surface area contributed by atoms with Crippen LogP contribution >= 0.6 is 0 Å². The highest BCUT2D eigenvalue weighted by atomic mass is 16.5. The van der Waals surface area contributed by atoms with E-state index in [0.717, 1.165) is 37.6 Å². The van der Waals surface area contributed by atoms with Gasteiger partial charge < -0.3 is 25.0 Å². The van der Waals surface area contributed by atoms with Crippen molar-refractivity contribution in [2.75, 3.05) is 44.7 Å². The number of nitrogens with one attached hydrogen (secondary N) is 1. The number of β-amino-alcohol motifs (C(OH)–C–C–N with tert-alkyl or cyclic N) is 1. The number of aliphatic hydroxyl groups excluding tert-OH is 1. The first-order chi connectivity index (χ1) is 10.7. The number of ether oxygens (including phenoxy) is 1. The van der Waals surface area contributed by atoms with E-state index in [-0.39, 0.29) is 11.9 Å². The molecule has 2 saturated heterocycles. The molecule has 0 radical (unpaired) electrons. The number of aliphatic hydroxyl groups is 1. The predicted octanol–water partition coefficient (Wildman–Crippen LogP) is 0.0666. The fourth-order valence-corrected chi connectivity index (χ4v) is 3.10. The lowest BCUT2D eigenvalue weighted by molar-refractivity contribution is -0.133. The molecule has 2 unspecified atom stereocenters. The Morgan fingerprint density at radius 3 is 2.45 bits per heavy atom. The lowest BCUT2D eigenvalue weighted by atomic mass is 10.1. The fourth-order valence-electron chi connectivity index (χ4n) is 3.10. The van der Waals surface area contributed by atoms with Gasteiger partial charge in [-0.15, -0.1) is 0 Å². The van der Waals surface area contributed by atoms with Crippen LogP contribution in [0.1, 0.15) is 6.42 Å². The monoisotopic (exact) mass is 305 g/mol. The van der Waals surface area contributed by atoms with Gasteiger partial charge >= 0.3 is 0 Å². The molecule has 0 saturated carbocycles. The van der Waals surface area contributed by atoms with Crippen LogP contribution in [0, 0.1) is 0 Å². The van der Waals surface area contributed by atoms with Gasteiger partial charge in [-0.2, -0.15) is 0 Å². The fraction of sp³-hybridized carbons (Fsp3) is 0.562. The van der Waals surface area contributed by atoms with Crippen molar-refractivity contribution >= 4 is 11.6 Å². The van der Waals surface area contributed by atoms with Crippen molar-refractivity contribution in [1.82, 2.24) is 10.2 Å². The molecule has 3 rings (SSSR count). The zero-order chi connectivity index (χ0) is 15.5. The summed E-state index contributed by atoms with van der Waals surface area (Å²) in [7, 11) is 1.66. The number of anilines is 1. The smallest absolute Gasteiger partial charge is 0.239 e. The number of hydrogen-bond donors (Lipinski definition) is 2. The third-order valence-electron chi connectivity index (χ3n) is 4.43. The number of carbonyl (C=O) groups is 1. The molecule has 1 aromatic carbocycles. The lowest BCUT2D eigenvalue weighted by Crippen LogP contribution is -2.53. The average molecular weight is 305 g/mol. The third-order valence-corrected chi connectivity index (χ3v) is 4.43. The van der Waals surface area contributed by atoms with Crippen LogP contribution < -0.4 is 15.0 Å². The Hall–Kier alpha value is -1.79. The topological polar surface area (TPSA) is 65.0 Å². The van der Waals surface area contributed by atoms with Crippen LogP contribution in [-0.2, 0) is 4.79 Å². The zero-order valence-corrected chi connectivity index (χ0v) is 12.9. The van der Waals surface area contributed by atoms with Crippen molar-refractivity contribution in [1.29, 1.82) is 0 Å². The minimum Gasteiger partial charge on any atom is -0.497 e. The highest BCUT2D eigenvalue weighted by molar-refractivity contribution is 5.82. The van der Waals surface area contributed by atoms with Crippen LogP contribution in [0.25, 0.3) is 0 Å². The molecule has 0 aliphatic carbocycles. The van der Waals surface area contributed by atoms with Gasteiger partial charge in [0, 0.05) is 38.4 Å². The highest BCUT2D eigenvalue weighted by Gasteiger charge is 2.32. The molecule has 2 aliphatic rings. The van der Waals surface area contributed by atoms with Crippen molar-refractivity contribution in [2.24, 2.45) is 0 Å². The summed E-state index contributed by atoms with van der Waals surface area (Å²) < 4.78 is 5.17. The summed E-state index contributed by atoms with van der Waals surface area (Å²) in [5, 5.41) is 12.6. The summed E-state index contributed by atoms with van der Waals surface area (Å²) in [6.07, 6.45) is 0.131. The Balaban J connectivity index is 1.54. The Kier molecular flexibility index (Phi) is 4.49. The van der Waals surface area contributed by atoms with E-state index in [0.29, 0.717) is 13.0 Å². The van der Waals surface area contributed by atoms with E-state index in [1.807, 2.05) is 29.2 Å². The Morgan fingerprint density at radius 1 is 1.23 bits per heavy atom. The molecule has 2 N–H and O–H groups in total. The summed E-state index contributed by atoms with van der Waals surface area (Å²) in [4.78, 5) is 16.6. The molecule has 22 heavy (non-hydrogen) atoms. The van der Waals surface area contributed by atoms with Crippen LogP contribution in [0.4, 0.5) is 5.69 Å². The van der Waals surface area contributed by atoms with Gasteiger partial charge in [0.15, 0.2) is 0 Å². The summed E-state index contributed by atoms with van der Waals surface area (Å²) in [5.41, 5.74) is 1.15. The summed E-state index contributed by atoms with van der Waals surface area (Å²) in [6, 6.07) is 7.78. The molecule has 120 valence electrons. The quantitative estimate of drug-likeness (QED) is 0.827. The predicted molar refractivity (Wildman–Crippen MR) is 84.2 cm³/mol. The minimum atomic E-state index is -0.394. The van der Waals surface area contributed by atoms with Gasteiger partial charge in [-0.05, 0) is 30.7 Å². The minimum absolute atomic E-state index is 0.117. The lowest BCUT2D eigenvalue weighted by Gasteiger charge is -2.37. The molecule has 6 heteroatoms.